The molecule has 7 heteroatoms. The first-order valence-electron chi connectivity index (χ1n) is 8.49. The molecule has 0 saturated heterocycles. The molecule has 26 heavy (non-hydrogen) atoms. The van der Waals surface area contributed by atoms with Crippen molar-refractivity contribution in [3.63, 3.8) is 0 Å². The number of hydrogen-bond acceptors (Lipinski definition) is 4. The number of nitrogens with zero attached hydrogens (tertiary/aromatic N) is 1. The number of rotatable bonds is 8. The van der Waals surface area contributed by atoms with Gasteiger partial charge in [-0.2, -0.15) is 0 Å². The van der Waals surface area contributed by atoms with Crippen LogP contribution in [0.1, 0.15) is 30.6 Å². The molecule has 2 N–H and O–H groups in total. The molecule has 0 unspecified atom stereocenters. The van der Waals surface area contributed by atoms with Crippen LogP contribution in [-0.2, 0) is 14.3 Å². The Morgan fingerprint density at radius 3 is 2.38 bits per heavy atom. The third kappa shape index (κ3) is 5.47. The maximum Gasteiger partial charge on any atom is 0.338 e. The van der Waals surface area contributed by atoms with Gasteiger partial charge in [0.25, 0.3) is 5.91 Å². The monoisotopic (exact) mass is 357 g/mol. The molecule has 0 bridgehead atoms. The minimum Gasteiger partial charge on any atom is -0.452 e. The summed E-state index contributed by atoms with van der Waals surface area (Å²) in [6.45, 7) is 3.62. The van der Waals surface area contributed by atoms with Gasteiger partial charge in [-0.3, -0.25) is 9.59 Å². The summed E-state index contributed by atoms with van der Waals surface area (Å²) in [5, 5.41) is 5.17. The van der Waals surface area contributed by atoms with Crippen LogP contribution in [0.2, 0.25) is 0 Å². The zero-order chi connectivity index (χ0) is 18.9. The summed E-state index contributed by atoms with van der Waals surface area (Å²) in [4.78, 5) is 35.5. The second-order valence-electron chi connectivity index (χ2n) is 5.79. The Bertz CT molecular complexity index is 739. The lowest BCUT2D eigenvalue weighted by molar-refractivity contribution is -0.130. The number of ether oxygens (including phenoxy) is 1. The SMILES string of the molecule is CCCNC(=O)[C@@H](C)NC(=O)COC(=O)c1ccc(-n2cccc2)cc1. The summed E-state index contributed by atoms with van der Waals surface area (Å²) < 4.78 is 6.90. The molecule has 0 aliphatic rings. The first-order valence-corrected chi connectivity index (χ1v) is 8.49. The predicted octanol–water partition coefficient (Wildman–Crippen LogP) is 1.66. The number of amides is 2. The Morgan fingerprint density at radius 1 is 1.12 bits per heavy atom. The first kappa shape index (κ1) is 19.2. The Labute approximate surface area is 152 Å². The van der Waals surface area contributed by atoms with E-state index in [-0.39, 0.29) is 5.91 Å². The van der Waals surface area contributed by atoms with Gasteiger partial charge in [0.2, 0.25) is 5.91 Å². The number of aromatic nitrogens is 1. The van der Waals surface area contributed by atoms with Crippen molar-refractivity contribution in [2.24, 2.45) is 0 Å². The lowest BCUT2D eigenvalue weighted by Crippen LogP contribution is -2.46. The Balaban J connectivity index is 1.80. The largest absolute Gasteiger partial charge is 0.452 e. The van der Waals surface area contributed by atoms with Gasteiger partial charge in [-0.05, 0) is 49.7 Å². The van der Waals surface area contributed by atoms with Crippen molar-refractivity contribution in [1.29, 1.82) is 0 Å². The molecule has 0 aliphatic heterocycles. The number of benzene rings is 1. The highest BCUT2D eigenvalue weighted by Crippen LogP contribution is 2.10. The highest BCUT2D eigenvalue weighted by molar-refractivity contribution is 5.92. The molecule has 0 radical (unpaired) electrons. The highest BCUT2D eigenvalue weighted by atomic mass is 16.5. The molecular formula is C19H23N3O4. The molecule has 2 amide bonds. The van der Waals surface area contributed by atoms with Crippen LogP contribution in [-0.4, -0.2) is 41.5 Å². The zero-order valence-corrected chi connectivity index (χ0v) is 14.9. The summed E-state index contributed by atoms with van der Waals surface area (Å²) in [6, 6.07) is 9.98. The van der Waals surface area contributed by atoms with E-state index >= 15 is 0 Å². The van der Waals surface area contributed by atoms with Crippen LogP contribution in [0, 0.1) is 0 Å². The van der Waals surface area contributed by atoms with Crippen molar-refractivity contribution in [3.8, 4) is 5.69 Å². The molecule has 0 spiro atoms. The van der Waals surface area contributed by atoms with E-state index in [0.717, 1.165) is 12.1 Å². The van der Waals surface area contributed by atoms with Gasteiger partial charge in [-0.1, -0.05) is 6.92 Å². The molecule has 0 aliphatic carbocycles. The smallest absolute Gasteiger partial charge is 0.338 e. The number of nitrogens with one attached hydrogen (secondary N) is 2. The number of carbonyl (C=O) groups excluding carboxylic acids is 3. The summed E-state index contributed by atoms with van der Waals surface area (Å²) in [7, 11) is 0. The average molecular weight is 357 g/mol. The lowest BCUT2D eigenvalue weighted by atomic mass is 10.2. The summed E-state index contributed by atoms with van der Waals surface area (Å²) in [5.41, 5.74) is 1.26. The summed E-state index contributed by atoms with van der Waals surface area (Å²) in [6.07, 6.45) is 4.61. The average Bonchev–Trinajstić information content (AvgIpc) is 3.19. The minimum absolute atomic E-state index is 0.271. The Kier molecular flexibility index (Phi) is 6.96. The third-order valence-corrected chi connectivity index (χ3v) is 3.66. The summed E-state index contributed by atoms with van der Waals surface area (Å²) >= 11 is 0. The summed E-state index contributed by atoms with van der Waals surface area (Å²) in [5.74, 6) is -1.39. The van der Waals surface area contributed by atoms with Gasteiger partial charge >= 0.3 is 5.97 Å². The third-order valence-electron chi connectivity index (χ3n) is 3.66. The Morgan fingerprint density at radius 2 is 1.77 bits per heavy atom. The molecule has 0 fully saturated rings. The highest BCUT2D eigenvalue weighted by Gasteiger charge is 2.16. The van der Waals surface area contributed by atoms with E-state index < -0.39 is 24.5 Å². The predicted molar refractivity (Wildman–Crippen MR) is 97.0 cm³/mol. The maximum atomic E-state index is 12.0. The van der Waals surface area contributed by atoms with Crippen LogP contribution in [0.5, 0.6) is 0 Å². The molecule has 1 aromatic heterocycles. The number of carbonyl (C=O) groups is 3. The van der Waals surface area contributed by atoms with Gasteiger partial charge in [0.05, 0.1) is 5.56 Å². The van der Waals surface area contributed by atoms with Crippen LogP contribution < -0.4 is 10.6 Å². The van der Waals surface area contributed by atoms with Crippen molar-refractivity contribution >= 4 is 17.8 Å². The number of esters is 1. The van der Waals surface area contributed by atoms with E-state index in [0.29, 0.717) is 12.1 Å². The molecule has 2 rings (SSSR count). The molecule has 0 saturated carbocycles. The van der Waals surface area contributed by atoms with E-state index in [1.807, 2.05) is 36.0 Å². The maximum absolute atomic E-state index is 12.0. The molecule has 138 valence electrons. The number of hydrogen-bond donors (Lipinski definition) is 2. The molecule has 1 aromatic carbocycles. The van der Waals surface area contributed by atoms with Gasteiger partial charge in [0.1, 0.15) is 6.04 Å². The van der Waals surface area contributed by atoms with Crippen molar-refractivity contribution in [3.05, 3.63) is 54.4 Å². The molecule has 7 nitrogen and oxygen atoms in total. The Hall–Kier alpha value is -3.09. The fourth-order valence-corrected chi connectivity index (χ4v) is 2.24. The van der Waals surface area contributed by atoms with E-state index in [1.54, 1.807) is 31.2 Å². The van der Waals surface area contributed by atoms with Crippen LogP contribution >= 0.6 is 0 Å². The van der Waals surface area contributed by atoms with Crippen LogP contribution in [0.4, 0.5) is 0 Å². The van der Waals surface area contributed by atoms with E-state index in [4.69, 9.17) is 4.74 Å². The van der Waals surface area contributed by atoms with Gasteiger partial charge in [-0.25, -0.2) is 4.79 Å². The second-order valence-corrected chi connectivity index (χ2v) is 5.79. The minimum atomic E-state index is -0.686. The van der Waals surface area contributed by atoms with Crippen LogP contribution in [0.15, 0.2) is 48.8 Å². The van der Waals surface area contributed by atoms with Gasteiger partial charge in [0.15, 0.2) is 6.61 Å². The standard InChI is InChI=1S/C19H23N3O4/c1-3-10-20-18(24)14(2)21-17(23)13-26-19(25)15-6-8-16(9-7-15)22-11-4-5-12-22/h4-9,11-12,14H,3,10,13H2,1-2H3,(H,20,24)(H,21,23)/t14-/m1/s1. The lowest BCUT2D eigenvalue weighted by Gasteiger charge is -2.13. The van der Waals surface area contributed by atoms with E-state index in [2.05, 4.69) is 10.6 Å². The fraction of sp³-hybridized carbons (Fsp3) is 0.316. The molecule has 2 aromatic rings. The van der Waals surface area contributed by atoms with Crippen molar-refractivity contribution in [2.45, 2.75) is 26.3 Å². The van der Waals surface area contributed by atoms with Crippen molar-refractivity contribution in [1.82, 2.24) is 15.2 Å². The molecule has 1 heterocycles. The molecular weight excluding hydrogens is 334 g/mol. The van der Waals surface area contributed by atoms with Gasteiger partial charge in [0, 0.05) is 24.6 Å². The normalized spacial score (nSPS) is 11.5. The zero-order valence-electron chi connectivity index (χ0n) is 14.9. The van der Waals surface area contributed by atoms with E-state index in [1.165, 1.54) is 0 Å². The first-order chi connectivity index (χ1) is 12.5. The van der Waals surface area contributed by atoms with Crippen LogP contribution in [0.3, 0.4) is 0 Å². The van der Waals surface area contributed by atoms with Gasteiger partial charge in [-0.15, -0.1) is 0 Å². The van der Waals surface area contributed by atoms with Crippen molar-refractivity contribution < 1.29 is 19.1 Å². The van der Waals surface area contributed by atoms with Crippen molar-refractivity contribution in [2.75, 3.05) is 13.2 Å². The van der Waals surface area contributed by atoms with E-state index in [9.17, 15) is 14.4 Å². The fourth-order valence-electron chi connectivity index (χ4n) is 2.24. The quantitative estimate of drug-likeness (QED) is 0.703. The molecule has 1 atom stereocenters. The topological polar surface area (TPSA) is 89.4 Å². The second kappa shape index (κ2) is 9.41. The van der Waals surface area contributed by atoms with Crippen LogP contribution in [0.25, 0.3) is 5.69 Å². The van der Waals surface area contributed by atoms with Gasteiger partial charge < -0.3 is 19.9 Å².